The lowest BCUT2D eigenvalue weighted by Crippen LogP contribution is -2.65. The molecule has 0 aromatic heterocycles. The Balaban J connectivity index is 2.69. The number of likely N-dealkylation sites (tertiary alicyclic amines) is 1. The minimum absolute atomic E-state index is 0.329. The van der Waals surface area contributed by atoms with E-state index in [2.05, 4.69) is 0 Å². The van der Waals surface area contributed by atoms with Crippen LogP contribution >= 0.6 is 0 Å². The lowest BCUT2D eigenvalue weighted by Gasteiger charge is -2.33. The van der Waals surface area contributed by atoms with Gasteiger partial charge in [0.2, 0.25) is 5.66 Å². The van der Waals surface area contributed by atoms with Crippen molar-refractivity contribution in [1.29, 1.82) is 0 Å². The van der Waals surface area contributed by atoms with Gasteiger partial charge in [0.1, 0.15) is 0 Å². The van der Waals surface area contributed by atoms with Gasteiger partial charge in [-0.2, -0.15) is 0 Å². The van der Waals surface area contributed by atoms with Crippen LogP contribution in [-0.4, -0.2) is 42.0 Å². The molecule has 1 fully saturated rings. The predicted molar refractivity (Wildman–Crippen MR) is 64.3 cm³/mol. The number of ketones is 1. The number of rotatable bonds is 6. The Kier molecular flexibility index (Phi) is 5.08. The van der Waals surface area contributed by atoms with Crippen molar-refractivity contribution < 1.29 is 14.3 Å². The first-order valence-corrected chi connectivity index (χ1v) is 6.25. The fraction of sp³-hybridized carbons (Fsp3) is 0.833. The highest BCUT2D eigenvalue weighted by Crippen LogP contribution is 2.19. The second-order valence-electron chi connectivity index (χ2n) is 4.51. The molecule has 98 valence electrons. The lowest BCUT2D eigenvalue weighted by atomic mass is 10.1. The van der Waals surface area contributed by atoms with E-state index < -0.39 is 11.6 Å². The standard InChI is InChI=1S/C12H22N2O3/c1-3-4-9-17-11(16)12(13,10(2)15)14-7-5-6-8-14/h3-9,13H2,1-2H3. The molecule has 0 amide bonds. The van der Waals surface area contributed by atoms with Gasteiger partial charge in [-0.3, -0.25) is 15.4 Å². The SMILES string of the molecule is CCCCOC(=O)C(N)(C(C)=O)N1CCCC1. The summed E-state index contributed by atoms with van der Waals surface area (Å²) < 4.78 is 5.09. The summed E-state index contributed by atoms with van der Waals surface area (Å²) in [6, 6.07) is 0. The zero-order chi connectivity index (χ0) is 12.9. The third kappa shape index (κ3) is 3.04. The van der Waals surface area contributed by atoms with Crippen molar-refractivity contribution >= 4 is 11.8 Å². The summed E-state index contributed by atoms with van der Waals surface area (Å²) in [5.74, 6) is -0.957. The van der Waals surface area contributed by atoms with Gasteiger partial charge >= 0.3 is 5.97 Å². The molecule has 5 heteroatoms. The van der Waals surface area contributed by atoms with Crippen LogP contribution in [0.2, 0.25) is 0 Å². The maximum absolute atomic E-state index is 12.0. The molecule has 0 aliphatic carbocycles. The van der Waals surface area contributed by atoms with E-state index in [1.807, 2.05) is 6.92 Å². The van der Waals surface area contributed by atoms with Gasteiger partial charge in [-0.1, -0.05) is 13.3 Å². The van der Waals surface area contributed by atoms with Crippen LogP contribution in [0.4, 0.5) is 0 Å². The third-order valence-electron chi connectivity index (χ3n) is 3.18. The van der Waals surface area contributed by atoms with Gasteiger partial charge in [-0.05, 0) is 26.2 Å². The van der Waals surface area contributed by atoms with Gasteiger partial charge in [-0.15, -0.1) is 0 Å². The molecule has 0 aromatic carbocycles. The van der Waals surface area contributed by atoms with Gasteiger partial charge < -0.3 is 4.74 Å². The lowest BCUT2D eigenvalue weighted by molar-refractivity contribution is -0.162. The number of Topliss-reactive ketones (excluding diaryl/α,β-unsaturated/α-hetero) is 1. The number of nitrogens with two attached hydrogens (primary N) is 1. The van der Waals surface area contributed by atoms with Crippen LogP contribution < -0.4 is 5.73 Å². The normalized spacial score (nSPS) is 19.9. The summed E-state index contributed by atoms with van der Waals surface area (Å²) in [6.07, 6.45) is 3.66. The smallest absolute Gasteiger partial charge is 0.349 e. The molecule has 17 heavy (non-hydrogen) atoms. The molecule has 0 aromatic rings. The Morgan fingerprint density at radius 2 is 1.94 bits per heavy atom. The van der Waals surface area contributed by atoms with E-state index in [9.17, 15) is 9.59 Å². The molecule has 1 saturated heterocycles. The monoisotopic (exact) mass is 242 g/mol. The highest BCUT2D eigenvalue weighted by atomic mass is 16.5. The topological polar surface area (TPSA) is 72.6 Å². The molecular weight excluding hydrogens is 220 g/mol. The molecule has 1 atom stereocenters. The molecular formula is C12H22N2O3. The number of carbonyl (C=O) groups is 2. The van der Waals surface area contributed by atoms with Crippen molar-refractivity contribution in [3.63, 3.8) is 0 Å². The van der Waals surface area contributed by atoms with Gasteiger partial charge in [0.25, 0.3) is 0 Å². The van der Waals surface area contributed by atoms with E-state index >= 15 is 0 Å². The highest BCUT2D eigenvalue weighted by molar-refractivity contribution is 6.06. The van der Waals surface area contributed by atoms with E-state index in [1.165, 1.54) is 6.92 Å². The van der Waals surface area contributed by atoms with Crippen LogP contribution in [-0.2, 0) is 14.3 Å². The molecule has 2 N–H and O–H groups in total. The Hall–Kier alpha value is -0.940. The first-order valence-electron chi connectivity index (χ1n) is 6.25. The number of hydrogen-bond acceptors (Lipinski definition) is 5. The summed E-state index contributed by atoms with van der Waals surface area (Å²) >= 11 is 0. The van der Waals surface area contributed by atoms with Crippen molar-refractivity contribution in [1.82, 2.24) is 4.90 Å². The number of carbonyl (C=O) groups excluding carboxylic acids is 2. The van der Waals surface area contributed by atoms with Gasteiger partial charge in [0, 0.05) is 13.1 Å². The number of ether oxygens (including phenoxy) is 1. The molecule has 1 aliphatic heterocycles. The quantitative estimate of drug-likeness (QED) is 0.421. The van der Waals surface area contributed by atoms with E-state index in [-0.39, 0.29) is 5.78 Å². The van der Waals surface area contributed by atoms with E-state index in [4.69, 9.17) is 10.5 Å². The van der Waals surface area contributed by atoms with Crippen LogP contribution in [0.3, 0.4) is 0 Å². The van der Waals surface area contributed by atoms with E-state index in [1.54, 1.807) is 4.90 Å². The second kappa shape index (κ2) is 6.12. The molecule has 5 nitrogen and oxygen atoms in total. The minimum atomic E-state index is -1.58. The average molecular weight is 242 g/mol. The zero-order valence-electron chi connectivity index (χ0n) is 10.7. The molecule has 1 rings (SSSR count). The Morgan fingerprint density at radius 3 is 2.41 bits per heavy atom. The number of esters is 1. The van der Waals surface area contributed by atoms with Crippen molar-refractivity contribution in [2.75, 3.05) is 19.7 Å². The number of hydrogen-bond donors (Lipinski definition) is 1. The molecule has 0 bridgehead atoms. The summed E-state index contributed by atoms with van der Waals surface area (Å²) in [7, 11) is 0. The zero-order valence-corrected chi connectivity index (χ0v) is 10.7. The van der Waals surface area contributed by atoms with Gasteiger partial charge in [0.05, 0.1) is 6.61 Å². The summed E-state index contributed by atoms with van der Waals surface area (Å²) in [4.78, 5) is 25.3. The third-order valence-corrected chi connectivity index (χ3v) is 3.18. The number of nitrogens with zero attached hydrogens (tertiary/aromatic N) is 1. The largest absolute Gasteiger partial charge is 0.463 e. The highest BCUT2D eigenvalue weighted by Gasteiger charge is 2.47. The summed E-state index contributed by atoms with van der Waals surface area (Å²) in [6.45, 7) is 5.04. The molecule has 0 spiro atoms. The van der Waals surface area contributed by atoms with Crippen molar-refractivity contribution in [2.45, 2.75) is 45.2 Å². The fourth-order valence-electron chi connectivity index (χ4n) is 1.98. The van der Waals surface area contributed by atoms with Gasteiger partial charge in [0.15, 0.2) is 5.78 Å². The first-order chi connectivity index (χ1) is 8.03. The van der Waals surface area contributed by atoms with Crippen LogP contribution in [0.5, 0.6) is 0 Å². The van der Waals surface area contributed by atoms with Crippen LogP contribution in [0.1, 0.15) is 39.5 Å². The number of unbranched alkanes of at least 4 members (excludes halogenated alkanes) is 1. The minimum Gasteiger partial charge on any atom is -0.463 e. The molecule has 1 aliphatic rings. The maximum Gasteiger partial charge on any atom is 0.349 e. The molecule has 1 unspecified atom stereocenters. The van der Waals surface area contributed by atoms with Gasteiger partial charge in [-0.25, -0.2) is 4.79 Å². The van der Waals surface area contributed by atoms with Crippen molar-refractivity contribution in [3.8, 4) is 0 Å². The predicted octanol–water partition coefficient (Wildman–Crippen LogP) is 0.669. The molecule has 1 heterocycles. The van der Waals surface area contributed by atoms with Crippen LogP contribution in [0.25, 0.3) is 0 Å². The maximum atomic E-state index is 12.0. The van der Waals surface area contributed by atoms with E-state index in [0.29, 0.717) is 19.7 Å². The fourth-order valence-corrected chi connectivity index (χ4v) is 1.98. The van der Waals surface area contributed by atoms with E-state index in [0.717, 1.165) is 25.7 Å². The average Bonchev–Trinajstić information content (AvgIpc) is 2.81. The van der Waals surface area contributed by atoms with Crippen LogP contribution in [0.15, 0.2) is 0 Å². The van der Waals surface area contributed by atoms with Crippen LogP contribution in [0, 0.1) is 0 Å². The summed E-state index contributed by atoms with van der Waals surface area (Å²) in [5, 5.41) is 0. The Morgan fingerprint density at radius 1 is 1.35 bits per heavy atom. The first kappa shape index (κ1) is 14.1. The Bertz CT molecular complexity index is 287. The molecule has 0 radical (unpaired) electrons. The van der Waals surface area contributed by atoms with Crippen molar-refractivity contribution in [3.05, 3.63) is 0 Å². The molecule has 0 saturated carbocycles. The van der Waals surface area contributed by atoms with Crippen molar-refractivity contribution in [2.24, 2.45) is 5.73 Å². The second-order valence-corrected chi connectivity index (χ2v) is 4.51. The Labute approximate surface area is 102 Å². The summed E-state index contributed by atoms with van der Waals surface area (Å²) in [5.41, 5.74) is 4.39.